The molecule has 0 radical (unpaired) electrons. The van der Waals surface area contributed by atoms with Gasteiger partial charge in [0.15, 0.2) is 0 Å². The SMILES string of the molecule is O=c1c(CNCC2CC2)c(NCC2CC2)nc2ccccn12. The van der Waals surface area contributed by atoms with Crippen molar-refractivity contribution < 1.29 is 0 Å². The molecule has 2 heterocycles. The summed E-state index contributed by atoms with van der Waals surface area (Å²) in [6.45, 7) is 2.51. The molecular weight excluding hydrogens is 276 g/mol. The summed E-state index contributed by atoms with van der Waals surface area (Å²) in [6.07, 6.45) is 6.99. The molecule has 2 aromatic rings. The zero-order valence-electron chi connectivity index (χ0n) is 12.7. The molecule has 5 heteroatoms. The molecule has 2 aromatic heterocycles. The first-order valence-corrected chi connectivity index (χ1v) is 8.26. The molecule has 0 bridgehead atoms. The summed E-state index contributed by atoms with van der Waals surface area (Å²) in [4.78, 5) is 17.4. The topological polar surface area (TPSA) is 58.4 Å². The van der Waals surface area contributed by atoms with Crippen molar-refractivity contribution in [2.45, 2.75) is 32.2 Å². The van der Waals surface area contributed by atoms with E-state index in [1.807, 2.05) is 18.2 Å². The number of pyridine rings is 1. The van der Waals surface area contributed by atoms with E-state index in [0.717, 1.165) is 36.3 Å². The number of fused-ring (bicyclic) bond motifs is 1. The van der Waals surface area contributed by atoms with Crippen molar-refractivity contribution in [2.75, 3.05) is 18.4 Å². The number of nitrogens with zero attached hydrogens (tertiary/aromatic N) is 2. The molecular formula is C17H22N4O. The van der Waals surface area contributed by atoms with Crippen LogP contribution >= 0.6 is 0 Å². The number of nitrogens with one attached hydrogen (secondary N) is 2. The maximum Gasteiger partial charge on any atom is 0.264 e. The van der Waals surface area contributed by atoms with Gasteiger partial charge in [-0.1, -0.05) is 6.07 Å². The normalized spacial score (nSPS) is 17.8. The van der Waals surface area contributed by atoms with Crippen LogP contribution in [-0.2, 0) is 6.54 Å². The highest BCUT2D eigenvalue weighted by Gasteiger charge is 2.23. The van der Waals surface area contributed by atoms with Gasteiger partial charge < -0.3 is 10.6 Å². The fraction of sp³-hybridized carbons (Fsp3) is 0.529. The predicted molar refractivity (Wildman–Crippen MR) is 87.1 cm³/mol. The number of hydrogen-bond donors (Lipinski definition) is 2. The van der Waals surface area contributed by atoms with E-state index in [1.54, 1.807) is 10.6 Å². The van der Waals surface area contributed by atoms with E-state index in [9.17, 15) is 4.79 Å². The monoisotopic (exact) mass is 298 g/mol. The molecule has 2 fully saturated rings. The van der Waals surface area contributed by atoms with E-state index in [0.29, 0.717) is 12.2 Å². The van der Waals surface area contributed by atoms with Gasteiger partial charge in [-0.05, 0) is 56.2 Å². The number of aromatic nitrogens is 2. The molecule has 116 valence electrons. The van der Waals surface area contributed by atoms with Crippen LogP contribution in [0.25, 0.3) is 5.65 Å². The first-order valence-electron chi connectivity index (χ1n) is 8.26. The molecule has 2 aliphatic rings. The molecule has 5 nitrogen and oxygen atoms in total. The van der Waals surface area contributed by atoms with Gasteiger partial charge in [0.25, 0.3) is 5.56 Å². The molecule has 2 saturated carbocycles. The zero-order valence-corrected chi connectivity index (χ0v) is 12.7. The maximum atomic E-state index is 12.7. The van der Waals surface area contributed by atoms with Crippen LogP contribution in [0.1, 0.15) is 31.2 Å². The lowest BCUT2D eigenvalue weighted by Gasteiger charge is -2.13. The van der Waals surface area contributed by atoms with Crippen molar-refractivity contribution in [1.82, 2.24) is 14.7 Å². The Morgan fingerprint density at radius 3 is 2.68 bits per heavy atom. The lowest BCUT2D eigenvalue weighted by Crippen LogP contribution is -2.28. The van der Waals surface area contributed by atoms with Gasteiger partial charge in [-0.2, -0.15) is 0 Å². The van der Waals surface area contributed by atoms with E-state index < -0.39 is 0 Å². The number of anilines is 1. The van der Waals surface area contributed by atoms with Gasteiger partial charge in [-0.15, -0.1) is 0 Å². The molecule has 2 aliphatic carbocycles. The van der Waals surface area contributed by atoms with Gasteiger partial charge >= 0.3 is 0 Å². The van der Waals surface area contributed by atoms with Crippen LogP contribution in [0.2, 0.25) is 0 Å². The second-order valence-corrected chi connectivity index (χ2v) is 6.57. The number of rotatable bonds is 7. The van der Waals surface area contributed by atoms with Crippen molar-refractivity contribution in [2.24, 2.45) is 11.8 Å². The minimum absolute atomic E-state index is 0.0344. The van der Waals surface area contributed by atoms with Gasteiger partial charge in [0, 0.05) is 19.3 Å². The zero-order chi connectivity index (χ0) is 14.9. The first kappa shape index (κ1) is 13.8. The molecule has 0 atom stereocenters. The van der Waals surface area contributed by atoms with Crippen LogP contribution < -0.4 is 16.2 Å². The smallest absolute Gasteiger partial charge is 0.264 e. The molecule has 4 rings (SSSR count). The van der Waals surface area contributed by atoms with Crippen LogP contribution in [0.5, 0.6) is 0 Å². The van der Waals surface area contributed by atoms with Crippen molar-refractivity contribution in [1.29, 1.82) is 0 Å². The van der Waals surface area contributed by atoms with Crippen molar-refractivity contribution in [3.05, 3.63) is 40.3 Å². The minimum Gasteiger partial charge on any atom is -0.369 e. The average Bonchev–Trinajstić information content (AvgIpc) is 3.42. The highest BCUT2D eigenvalue weighted by atomic mass is 16.1. The first-order chi connectivity index (χ1) is 10.8. The second-order valence-electron chi connectivity index (χ2n) is 6.57. The average molecular weight is 298 g/mol. The van der Waals surface area contributed by atoms with Gasteiger partial charge in [0.1, 0.15) is 11.5 Å². The Morgan fingerprint density at radius 1 is 1.14 bits per heavy atom. The van der Waals surface area contributed by atoms with E-state index in [2.05, 4.69) is 15.6 Å². The fourth-order valence-corrected chi connectivity index (χ4v) is 2.72. The highest BCUT2D eigenvalue weighted by molar-refractivity contribution is 5.51. The van der Waals surface area contributed by atoms with Crippen LogP contribution in [0.4, 0.5) is 5.82 Å². The maximum absolute atomic E-state index is 12.7. The molecule has 0 amide bonds. The Labute approximate surface area is 129 Å². The summed E-state index contributed by atoms with van der Waals surface area (Å²) in [5.41, 5.74) is 1.49. The van der Waals surface area contributed by atoms with Gasteiger partial charge in [0.05, 0.1) is 5.56 Å². The number of hydrogen-bond acceptors (Lipinski definition) is 4. The van der Waals surface area contributed by atoms with Gasteiger partial charge in [0.2, 0.25) is 0 Å². The molecule has 2 N–H and O–H groups in total. The van der Waals surface area contributed by atoms with Crippen LogP contribution in [0.15, 0.2) is 29.2 Å². The summed E-state index contributed by atoms with van der Waals surface area (Å²) >= 11 is 0. The Balaban J connectivity index is 1.63. The van der Waals surface area contributed by atoms with E-state index >= 15 is 0 Å². The molecule has 22 heavy (non-hydrogen) atoms. The van der Waals surface area contributed by atoms with Crippen molar-refractivity contribution in [3.63, 3.8) is 0 Å². The summed E-state index contributed by atoms with van der Waals surface area (Å²) in [5, 5.41) is 6.82. The molecule has 0 spiro atoms. The second kappa shape index (κ2) is 5.72. The van der Waals surface area contributed by atoms with Crippen LogP contribution in [0, 0.1) is 11.8 Å². The summed E-state index contributed by atoms with van der Waals surface area (Å²) < 4.78 is 1.64. The fourth-order valence-electron chi connectivity index (χ4n) is 2.72. The van der Waals surface area contributed by atoms with Crippen LogP contribution in [0.3, 0.4) is 0 Å². The third-order valence-corrected chi connectivity index (χ3v) is 4.51. The summed E-state index contributed by atoms with van der Waals surface area (Å²) in [7, 11) is 0. The Hall–Kier alpha value is -1.88. The van der Waals surface area contributed by atoms with Crippen molar-refractivity contribution in [3.8, 4) is 0 Å². The Kier molecular flexibility index (Phi) is 3.58. The largest absolute Gasteiger partial charge is 0.369 e. The van der Waals surface area contributed by atoms with E-state index in [4.69, 9.17) is 0 Å². The summed E-state index contributed by atoms with van der Waals surface area (Å²) in [5.74, 6) is 2.31. The van der Waals surface area contributed by atoms with E-state index in [1.165, 1.54) is 25.7 Å². The predicted octanol–water partition coefficient (Wildman–Crippen LogP) is 2.02. The standard InChI is InChI=1S/C17H22N4O/c22-17-14(11-18-9-12-4-5-12)16(19-10-13-6-7-13)20-15-3-1-2-8-21(15)17/h1-3,8,12-13,18-19H,4-7,9-11H2. The molecule has 0 saturated heterocycles. The highest BCUT2D eigenvalue weighted by Crippen LogP contribution is 2.29. The molecule has 0 aromatic carbocycles. The van der Waals surface area contributed by atoms with Crippen molar-refractivity contribution >= 4 is 11.5 Å². The van der Waals surface area contributed by atoms with E-state index in [-0.39, 0.29) is 5.56 Å². The lowest BCUT2D eigenvalue weighted by molar-refractivity contribution is 0.633. The quantitative estimate of drug-likeness (QED) is 0.821. The third-order valence-electron chi connectivity index (χ3n) is 4.51. The van der Waals surface area contributed by atoms with Gasteiger partial charge in [-0.25, -0.2) is 4.98 Å². The minimum atomic E-state index is 0.0344. The van der Waals surface area contributed by atoms with Gasteiger partial charge in [-0.3, -0.25) is 9.20 Å². The van der Waals surface area contributed by atoms with Crippen LogP contribution in [-0.4, -0.2) is 22.5 Å². The summed E-state index contributed by atoms with van der Waals surface area (Å²) in [6, 6.07) is 5.66. The molecule has 0 unspecified atom stereocenters. The lowest BCUT2D eigenvalue weighted by atomic mass is 10.2. The Morgan fingerprint density at radius 2 is 1.91 bits per heavy atom. The third kappa shape index (κ3) is 2.99. The molecule has 0 aliphatic heterocycles. The Bertz CT molecular complexity index is 731.